The Balaban J connectivity index is 1.24. The molecule has 5 rings (SSSR count). The number of hydrogen-bond donors (Lipinski definition) is 0. The molecule has 0 amide bonds. The molecule has 6 heteroatoms. The highest BCUT2D eigenvalue weighted by molar-refractivity contribution is 5.03. The number of nitrogens with zero attached hydrogens (tertiary/aromatic N) is 3. The second-order valence-electron chi connectivity index (χ2n) is 6.86. The molecule has 21 heavy (non-hydrogen) atoms. The van der Waals surface area contributed by atoms with Crippen molar-refractivity contribution in [3.8, 4) is 0 Å². The van der Waals surface area contributed by atoms with E-state index in [1.807, 2.05) is 0 Å². The number of ether oxygens (including phenoxy) is 2. The van der Waals surface area contributed by atoms with Crippen molar-refractivity contribution in [1.82, 2.24) is 15.0 Å². The van der Waals surface area contributed by atoms with Crippen LogP contribution in [-0.2, 0) is 16.0 Å². The van der Waals surface area contributed by atoms with E-state index in [0.717, 1.165) is 56.7 Å². The van der Waals surface area contributed by atoms with Gasteiger partial charge >= 0.3 is 0 Å². The van der Waals surface area contributed by atoms with Crippen molar-refractivity contribution in [2.45, 2.75) is 50.5 Å². The third-order valence-corrected chi connectivity index (χ3v) is 5.58. The summed E-state index contributed by atoms with van der Waals surface area (Å²) < 4.78 is 17.0. The van der Waals surface area contributed by atoms with Crippen molar-refractivity contribution < 1.29 is 14.0 Å². The average Bonchev–Trinajstić information content (AvgIpc) is 3.28. The zero-order valence-corrected chi connectivity index (χ0v) is 12.1. The number of aromatic nitrogens is 2. The van der Waals surface area contributed by atoms with Crippen LogP contribution in [0, 0.1) is 11.8 Å². The largest absolute Gasteiger partial charge is 0.374 e. The van der Waals surface area contributed by atoms with Crippen LogP contribution in [0.25, 0.3) is 0 Å². The van der Waals surface area contributed by atoms with Gasteiger partial charge in [-0.25, -0.2) is 0 Å². The van der Waals surface area contributed by atoms with E-state index in [-0.39, 0.29) is 6.10 Å². The summed E-state index contributed by atoms with van der Waals surface area (Å²) in [5.41, 5.74) is 0. The van der Waals surface area contributed by atoms with Gasteiger partial charge < -0.3 is 14.0 Å². The second-order valence-corrected chi connectivity index (χ2v) is 6.86. The van der Waals surface area contributed by atoms with Crippen molar-refractivity contribution in [3.05, 3.63) is 11.7 Å². The molecule has 4 fully saturated rings. The van der Waals surface area contributed by atoms with E-state index in [1.165, 1.54) is 12.8 Å². The summed E-state index contributed by atoms with van der Waals surface area (Å²) in [6.45, 7) is 3.84. The number of rotatable bonds is 3. The quantitative estimate of drug-likeness (QED) is 0.841. The van der Waals surface area contributed by atoms with Gasteiger partial charge in [0.15, 0.2) is 5.82 Å². The van der Waals surface area contributed by atoms with Crippen molar-refractivity contribution in [2.24, 2.45) is 11.8 Å². The molecule has 5 atom stereocenters. The highest BCUT2D eigenvalue weighted by Crippen LogP contribution is 2.47. The SMILES string of the molecule is C1CO[C@H](c2nc(CN3C[C@@H]4[C@H](C3)[C@H]3CC[C@@H]4O3)no2)C1. The average molecular weight is 291 g/mol. The van der Waals surface area contributed by atoms with Crippen LogP contribution < -0.4 is 0 Å². The fourth-order valence-electron chi connectivity index (χ4n) is 4.61. The molecular formula is C15H21N3O3. The third-order valence-electron chi connectivity index (χ3n) is 5.58. The topological polar surface area (TPSA) is 60.6 Å². The van der Waals surface area contributed by atoms with E-state index < -0.39 is 0 Å². The Morgan fingerprint density at radius 1 is 1.10 bits per heavy atom. The van der Waals surface area contributed by atoms with E-state index >= 15 is 0 Å². The monoisotopic (exact) mass is 291 g/mol. The molecule has 4 aliphatic heterocycles. The predicted octanol–water partition coefficient (Wildman–Crippen LogP) is 1.53. The van der Waals surface area contributed by atoms with Crippen molar-refractivity contribution in [2.75, 3.05) is 19.7 Å². The van der Waals surface area contributed by atoms with Gasteiger partial charge in [-0.2, -0.15) is 4.98 Å². The first-order chi connectivity index (χ1) is 10.4. The van der Waals surface area contributed by atoms with Crippen molar-refractivity contribution in [1.29, 1.82) is 0 Å². The molecule has 2 bridgehead atoms. The second kappa shape index (κ2) is 4.76. The minimum atomic E-state index is 0.0217. The molecule has 0 saturated carbocycles. The van der Waals surface area contributed by atoms with Crippen molar-refractivity contribution in [3.63, 3.8) is 0 Å². The molecule has 0 N–H and O–H groups in total. The van der Waals surface area contributed by atoms with Gasteiger partial charge in [0.1, 0.15) is 6.10 Å². The molecule has 0 spiro atoms. The van der Waals surface area contributed by atoms with Crippen LogP contribution in [0.15, 0.2) is 4.52 Å². The maximum atomic E-state index is 6.02. The van der Waals surface area contributed by atoms with E-state index in [0.29, 0.717) is 18.1 Å². The molecule has 4 aliphatic rings. The third kappa shape index (κ3) is 2.04. The van der Waals surface area contributed by atoms with E-state index in [2.05, 4.69) is 15.0 Å². The van der Waals surface area contributed by atoms with Gasteiger partial charge in [0.2, 0.25) is 0 Å². The van der Waals surface area contributed by atoms with Gasteiger partial charge in [-0.05, 0) is 25.7 Å². The maximum absolute atomic E-state index is 6.02. The molecule has 0 unspecified atom stereocenters. The molecule has 1 aromatic heterocycles. The molecule has 5 heterocycles. The summed E-state index contributed by atoms with van der Waals surface area (Å²) in [5.74, 6) is 2.92. The lowest BCUT2D eigenvalue weighted by Crippen LogP contribution is -2.25. The summed E-state index contributed by atoms with van der Waals surface area (Å²) in [4.78, 5) is 6.99. The van der Waals surface area contributed by atoms with Gasteiger partial charge in [-0.3, -0.25) is 4.90 Å². The number of hydrogen-bond acceptors (Lipinski definition) is 6. The Bertz CT molecular complexity index is 510. The molecule has 0 aliphatic carbocycles. The van der Waals surface area contributed by atoms with Gasteiger partial charge in [0.05, 0.1) is 18.8 Å². The summed E-state index contributed by atoms with van der Waals surface area (Å²) in [7, 11) is 0. The van der Waals surface area contributed by atoms with Crippen LogP contribution in [0.5, 0.6) is 0 Å². The molecule has 6 nitrogen and oxygen atoms in total. The zero-order chi connectivity index (χ0) is 13.8. The molecule has 114 valence electrons. The number of likely N-dealkylation sites (tertiary alicyclic amines) is 1. The molecule has 0 radical (unpaired) electrons. The molecular weight excluding hydrogens is 270 g/mol. The number of fused-ring (bicyclic) bond motifs is 5. The smallest absolute Gasteiger partial charge is 0.255 e. The summed E-state index contributed by atoms with van der Waals surface area (Å²) in [6, 6.07) is 0. The first-order valence-electron chi connectivity index (χ1n) is 8.19. The summed E-state index contributed by atoms with van der Waals surface area (Å²) >= 11 is 0. The molecule has 1 aromatic rings. The van der Waals surface area contributed by atoms with Crippen LogP contribution in [0.1, 0.15) is 43.5 Å². The zero-order valence-electron chi connectivity index (χ0n) is 12.1. The van der Waals surface area contributed by atoms with Crippen LogP contribution in [-0.4, -0.2) is 46.9 Å². The highest BCUT2D eigenvalue weighted by atomic mass is 16.5. The fourth-order valence-corrected chi connectivity index (χ4v) is 4.61. The highest BCUT2D eigenvalue weighted by Gasteiger charge is 2.52. The van der Waals surface area contributed by atoms with E-state index in [9.17, 15) is 0 Å². The Hall–Kier alpha value is -0.980. The lowest BCUT2D eigenvalue weighted by molar-refractivity contribution is 0.0692. The normalized spacial score (nSPS) is 42.0. The Kier molecular flexibility index (Phi) is 2.85. The Morgan fingerprint density at radius 2 is 1.90 bits per heavy atom. The summed E-state index contributed by atoms with van der Waals surface area (Å²) in [6.07, 6.45) is 5.64. The van der Waals surface area contributed by atoms with E-state index in [4.69, 9.17) is 14.0 Å². The minimum Gasteiger partial charge on any atom is -0.374 e. The standard InChI is InChI=1S/C15H21N3O3/c1-2-13(19-5-1)15-16-14(17-21-15)8-18-6-9-10(7-18)12-4-3-11(9)20-12/h9-13H,1-8H2/t9-,10+,11+,12-,13-/m0/s1. The Morgan fingerprint density at radius 3 is 2.62 bits per heavy atom. The lowest BCUT2D eigenvalue weighted by atomic mass is 9.82. The summed E-state index contributed by atoms with van der Waals surface area (Å²) in [5, 5.41) is 4.13. The van der Waals surface area contributed by atoms with Crippen LogP contribution >= 0.6 is 0 Å². The van der Waals surface area contributed by atoms with Crippen LogP contribution in [0.3, 0.4) is 0 Å². The molecule has 0 aromatic carbocycles. The first kappa shape index (κ1) is 12.6. The van der Waals surface area contributed by atoms with Gasteiger partial charge in [-0.1, -0.05) is 5.16 Å². The van der Waals surface area contributed by atoms with E-state index in [1.54, 1.807) is 0 Å². The fraction of sp³-hybridized carbons (Fsp3) is 0.867. The maximum Gasteiger partial charge on any atom is 0.255 e. The van der Waals surface area contributed by atoms with Crippen LogP contribution in [0.4, 0.5) is 0 Å². The predicted molar refractivity (Wildman–Crippen MR) is 72.4 cm³/mol. The van der Waals surface area contributed by atoms with Crippen LogP contribution in [0.2, 0.25) is 0 Å². The Labute approximate surface area is 123 Å². The van der Waals surface area contributed by atoms with Gasteiger partial charge in [0, 0.05) is 31.5 Å². The first-order valence-corrected chi connectivity index (χ1v) is 8.19. The van der Waals surface area contributed by atoms with Gasteiger partial charge in [-0.15, -0.1) is 0 Å². The minimum absolute atomic E-state index is 0.0217. The van der Waals surface area contributed by atoms with Gasteiger partial charge in [0.25, 0.3) is 5.89 Å². The molecule has 4 saturated heterocycles. The lowest BCUT2D eigenvalue weighted by Gasteiger charge is -2.18. The van der Waals surface area contributed by atoms with Crippen molar-refractivity contribution >= 4 is 0 Å².